The number of aromatic hydroxyl groups is 2. The molecule has 144 valence electrons. The van der Waals surface area contributed by atoms with Gasteiger partial charge in [-0.1, -0.05) is 66.7 Å². The van der Waals surface area contributed by atoms with Crippen LogP contribution in [0.1, 0.15) is 31.8 Å². The van der Waals surface area contributed by atoms with Gasteiger partial charge in [0.15, 0.2) is 11.6 Å². The summed E-state index contributed by atoms with van der Waals surface area (Å²) < 4.78 is 0. The number of carbonyl (C=O) groups excluding carboxylic acids is 2. The van der Waals surface area contributed by atoms with Crippen LogP contribution < -0.4 is 0 Å². The highest BCUT2D eigenvalue weighted by Crippen LogP contribution is 2.45. The fourth-order valence-electron chi connectivity index (χ4n) is 4.08. The van der Waals surface area contributed by atoms with Crippen LogP contribution in [0.5, 0.6) is 11.5 Å². The summed E-state index contributed by atoms with van der Waals surface area (Å²) in [5, 5.41) is 21.1. The van der Waals surface area contributed by atoms with Crippen LogP contribution in [-0.4, -0.2) is 21.8 Å². The summed E-state index contributed by atoms with van der Waals surface area (Å²) >= 11 is 0. The molecule has 0 saturated carbocycles. The van der Waals surface area contributed by atoms with E-state index in [2.05, 4.69) is 0 Å². The van der Waals surface area contributed by atoms with Crippen LogP contribution in [0.4, 0.5) is 0 Å². The van der Waals surface area contributed by atoms with Crippen LogP contribution in [0.2, 0.25) is 0 Å². The first-order valence-corrected chi connectivity index (χ1v) is 9.50. The fraction of sp³-hybridized carbons (Fsp3) is 0. The second-order valence-electron chi connectivity index (χ2n) is 7.15. The second-order valence-corrected chi connectivity index (χ2v) is 7.15. The molecule has 0 amide bonds. The van der Waals surface area contributed by atoms with Crippen molar-refractivity contribution in [1.82, 2.24) is 0 Å². The van der Waals surface area contributed by atoms with Gasteiger partial charge in [-0.2, -0.15) is 0 Å². The number of hydrogen-bond donors (Lipinski definition) is 2. The highest BCUT2D eigenvalue weighted by Gasteiger charge is 2.33. The van der Waals surface area contributed by atoms with Crippen LogP contribution >= 0.6 is 0 Å². The van der Waals surface area contributed by atoms with Crippen LogP contribution in [0.3, 0.4) is 0 Å². The SMILES string of the molecule is O=C1c2ccccc2C(=O)c2c1ccc(-c1ccccc1O)c2-c1ccccc1O. The Bertz CT molecular complexity index is 1350. The predicted octanol–water partition coefficient (Wildman–Crippen LogP) is 5.21. The van der Waals surface area contributed by atoms with Crippen LogP contribution in [0.15, 0.2) is 84.9 Å². The maximum absolute atomic E-state index is 13.5. The lowest BCUT2D eigenvalue weighted by Gasteiger charge is -2.23. The van der Waals surface area contributed by atoms with Crippen molar-refractivity contribution in [3.05, 3.63) is 107 Å². The summed E-state index contributed by atoms with van der Waals surface area (Å²) in [6.45, 7) is 0. The van der Waals surface area contributed by atoms with E-state index in [0.717, 1.165) is 0 Å². The summed E-state index contributed by atoms with van der Waals surface area (Å²) in [6.07, 6.45) is 0. The molecule has 1 aliphatic rings. The minimum atomic E-state index is -0.282. The zero-order valence-electron chi connectivity index (χ0n) is 15.8. The van der Waals surface area contributed by atoms with Crippen molar-refractivity contribution in [2.24, 2.45) is 0 Å². The van der Waals surface area contributed by atoms with Crippen molar-refractivity contribution in [3.8, 4) is 33.8 Å². The predicted molar refractivity (Wildman–Crippen MR) is 114 cm³/mol. The van der Waals surface area contributed by atoms with Crippen LogP contribution in [0.25, 0.3) is 22.3 Å². The van der Waals surface area contributed by atoms with Crippen LogP contribution in [-0.2, 0) is 0 Å². The third-order valence-corrected chi connectivity index (χ3v) is 5.46. The first kappa shape index (κ1) is 17.9. The number of fused-ring (bicyclic) bond motifs is 2. The van der Waals surface area contributed by atoms with Gasteiger partial charge in [0.05, 0.1) is 0 Å². The van der Waals surface area contributed by atoms with Crippen molar-refractivity contribution < 1.29 is 19.8 Å². The molecule has 2 N–H and O–H groups in total. The molecular weight excluding hydrogens is 376 g/mol. The number of benzene rings is 4. The van der Waals surface area contributed by atoms with Gasteiger partial charge in [-0.15, -0.1) is 0 Å². The Labute approximate surface area is 172 Å². The Morgan fingerprint density at radius 2 is 0.867 bits per heavy atom. The van der Waals surface area contributed by atoms with E-state index in [1.54, 1.807) is 78.9 Å². The van der Waals surface area contributed by atoms with Crippen molar-refractivity contribution in [3.63, 3.8) is 0 Å². The number of ketones is 2. The van der Waals surface area contributed by atoms with Gasteiger partial charge >= 0.3 is 0 Å². The standard InChI is InChI=1S/C26H16O4/c27-21-11-5-3-7-15(21)16-13-14-20-24(23(16)19-10-4-6-12-22(19)28)26(30)18-9-2-1-8-17(18)25(20)29/h1-14,27-28H. The fourth-order valence-corrected chi connectivity index (χ4v) is 4.08. The third-order valence-electron chi connectivity index (χ3n) is 5.46. The Kier molecular flexibility index (Phi) is 4.00. The van der Waals surface area contributed by atoms with E-state index in [0.29, 0.717) is 33.4 Å². The molecule has 30 heavy (non-hydrogen) atoms. The molecule has 1 aliphatic carbocycles. The smallest absolute Gasteiger partial charge is 0.195 e. The molecular formula is C26H16O4. The summed E-state index contributed by atoms with van der Waals surface area (Å²) in [4.78, 5) is 26.7. The molecule has 0 saturated heterocycles. The number of para-hydroxylation sites is 2. The first-order valence-electron chi connectivity index (χ1n) is 9.50. The van der Waals surface area contributed by atoms with Gasteiger partial charge in [0.25, 0.3) is 0 Å². The zero-order valence-corrected chi connectivity index (χ0v) is 15.8. The Morgan fingerprint density at radius 3 is 1.47 bits per heavy atom. The molecule has 0 unspecified atom stereocenters. The van der Waals surface area contributed by atoms with Gasteiger partial charge in [0.2, 0.25) is 0 Å². The van der Waals surface area contributed by atoms with Crippen molar-refractivity contribution >= 4 is 11.6 Å². The molecule has 4 nitrogen and oxygen atoms in total. The third kappa shape index (κ3) is 2.54. The van der Waals surface area contributed by atoms with Crippen LogP contribution in [0, 0.1) is 0 Å². The number of phenolic OH excluding ortho intramolecular Hbond substituents is 2. The number of phenols is 2. The van der Waals surface area contributed by atoms with Gasteiger partial charge in [0.1, 0.15) is 11.5 Å². The molecule has 4 heteroatoms. The summed E-state index contributed by atoms with van der Waals surface area (Å²) in [5.41, 5.74) is 3.16. The van der Waals surface area contributed by atoms with E-state index < -0.39 is 0 Å². The van der Waals surface area contributed by atoms with E-state index in [1.165, 1.54) is 6.07 Å². The Balaban J connectivity index is 1.91. The number of hydrogen-bond acceptors (Lipinski definition) is 4. The number of rotatable bonds is 2. The molecule has 0 bridgehead atoms. The van der Waals surface area contributed by atoms with E-state index in [-0.39, 0.29) is 34.2 Å². The largest absolute Gasteiger partial charge is 0.507 e. The zero-order chi connectivity index (χ0) is 20.8. The molecule has 5 rings (SSSR count). The van der Waals surface area contributed by atoms with Gasteiger partial charge in [-0.25, -0.2) is 0 Å². The monoisotopic (exact) mass is 392 g/mol. The maximum atomic E-state index is 13.5. The average molecular weight is 392 g/mol. The molecule has 0 fully saturated rings. The van der Waals surface area contributed by atoms with Crippen molar-refractivity contribution in [1.29, 1.82) is 0 Å². The van der Waals surface area contributed by atoms with E-state index in [1.807, 2.05) is 0 Å². The molecule has 0 aliphatic heterocycles. The molecule has 0 heterocycles. The first-order chi connectivity index (χ1) is 14.6. The summed E-state index contributed by atoms with van der Waals surface area (Å²) in [6, 6.07) is 23.6. The van der Waals surface area contributed by atoms with Gasteiger partial charge in [-0.05, 0) is 23.8 Å². The summed E-state index contributed by atoms with van der Waals surface area (Å²) in [7, 11) is 0. The minimum Gasteiger partial charge on any atom is -0.507 e. The van der Waals surface area contributed by atoms with E-state index in [4.69, 9.17) is 0 Å². The van der Waals surface area contributed by atoms with Crippen molar-refractivity contribution in [2.45, 2.75) is 0 Å². The second kappa shape index (κ2) is 6.71. The van der Waals surface area contributed by atoms with E-state index in [9.17, 15) is 19.8 Å². The normalized spacial score (nSPS) is 12.4. The molecule has 4 aromatic rings. The molecule has 4 aromatic carbocycles. The lowest BCUT2D eigenvalue weighted by atomic mass is 9.77. The molecule has 0 aromatic heterocycles. The molecule has 0 atom stereocenters. The van der Waals surface area contributed by atoms with E-state index >= 15 is 0 Å². The summed E-state index contributed by atoms with van der Waals surface area (Å²) in [5.74, 6) is -0.484. The highest BCUT2D eigenvalue weighted by molar-refractivity contribution is 6.31. The molecule has 0 spiro atoms. The lowest BCUT2D eigenvalue weighted by Crippen LogP contribution is -2.22. The van der Waals surface area contributed by atoms with Gasteiger partial charge in [-0.3, -0.25) is 9.59 Å². The Morgan fingerprint density at radius 1 is 0.400 bits per heavy atom. The Hall–Kier alpha value is -4.18. The average Bonchev–Trinajstić information content (AvgIpc) is 2.77. The quantitative estimate of drug-likeness (QED) is 0.433. The topological polar surface area (TPSA) is 74.6 Å². The molecule has 0 radical (unpaired) electrons. The lowest BCUT2D eigenvalue weighted by molar-refractivity contribution is 0.0979. The number of carbonyl (C=O) groups is 2. The minimum absolute atomic E-state index is 0.0123. The highest BCUT2D eigenvalue weighted by atomic mass is 16.3. The van der Waals surface area contributed by atoms with Gasteiger partial charge in [0, 0.05) is 38.9 Å². The van der Waals surface area contributed by atoms with Gasteiger partial charge < -0.3 is 10.2 Å². The maximum Gasteiger partial charge on any atom is 0.195 e. The van der Waals surface area contributed by atoms with Crippen molar-refractivity contribution in [2.75, 3.05) is 0 Å².